The van der Waals surface area contributed by atoms with Gasteiger partial charge in [0.05, 0.1) is 19.1 Å². The van der Waals surface area contributed by atoms with Gasteiger partial charge in [-0.3, -0.25) is 4.79 Å². The smallest absolute Gasteiger partial charge is 0.314 e. The number of ether oxygens (including phenoxy) is 1. The Balaban J connectivity index is 2.68. The molecule has 0 bridgehead atoms. The lowest BCUT2D eigenvalue weighted by atomic mass is 9.64. The molecule has 94 valence electrons. The fourth-order valence-corrected chi connectivity index (χ4v) is 2.68. The third kappa shape index (κ3) is 2.57. The Hall–Kier alpha value is -0.570. The summed E-state index contributed by atoms with van der Waals surface area (Å²) in [6.45, 7) is 6.63. The third-order valence-electron chi connectivity index (χ3n) is 4.09. The summed E-state index contributed by atoms with van der Waals surface area (Å²) in [5.41, 5.74) is -0.339. The van der Waals surface area contributed by atoms with Gasteiger partial charge in [-0.05, 0) is 37.0 Å². The van der Waals surface area contributed by atoms with E-state index in [0.29, 0.717) is 5.92 Å². The molecule has 0 radical (unpaired) electrons. The van der Waals surface area contributed by atoms with Crippen LogP contribution in [0.15, 0.2) is 0 Å². The second kappa shape index (κ2) is 4.74. The van der Waals surface area contributed by atoms with Gasteiger partial charge in [0.2, 0.25) is 0 Å². The summed E-state index contributed by atoms with van der Waals surface area (Å²) in [6, 6.07) is 0. The van der Waals surface area contributed by atoms with E-state index in [0.717, 1.165) is 25.7 Å². The van der Waals surface area contributed by atoms with E-state index in [1.54, 1.807) is 0 Å². The van der Waals surface area contributed by atoms with Gasteiger partial charge in [-0.2, -0.15) is 0 Å². The molecule has 1 N–H and O–H groups in total. The van der Waals surface area contributed by atoms with Gasteiger partial charge in [0, 0.05) is 0 Å². The van der Waals surface area contributed by atoms with Crippen molar-refractivity contribution < 1.29 is 14.6 Å². The molecule has 0 aromatic heterocycles. The summed E-state index contributed by atoms with van der Waals surface area (Å²) in [4.78, 5) is 11.7. The molecule has 1 fully saturated rings. The Labute approximate surface area is 98.2 Å². The molecule has 0 amide bonds. The highest BCUT2D eigenvalue weighted by Gasteiger charge is 2.44. The molecule has 1 rings (SSSR count). The lowest BCUT2D eigenvalue weighted by molar-refractivity contribution is -0.159. The van der Waals surface area contributed by atoms with Crippen molar-refractivity contribution in [3.8, 4) is 0 Å². The number of rotatable bonds is 2. The second-order valence-corrected chi connectivity index (χ2v) is 6.07. The Morgan fingerprint density at radius 2 is 1.88 bits per heavy atom. The Morgan fingerprint density at radius 1 is 1.38 bits per heavy atom. The van der Waals surface area contributed by atoms with Crippen LogP contribution in [0, 0.1) is 16.7 Å². The minimum absolute atomic E-state index is 0.0868. The van der Waals surface area contributed by atoms with Crippen molar-refractivity contribution in [3.63, 3.8) is 0 Å². The molecule has 0 heterocycles. The highest BCUT2D eigenvalue weighted by atomic mass is 16.5. The summed E-state index contributed by atoms with van der Waals surface area (Å²) in [5.74, 6) is 0.388. The molecular weight excluding hydrogens is 204 g/mol. The normalized spacial score (nSPS) is 31.2. The maximum Gasteiger partial charge on any atom is 0.314 e. The molecule has 0 spiro atoms. The summed E-state index contributed by atoms with van der Waals surface area (Å²) in [6.07, 6.45) is 3.49. The zero-order valence-corrected chi connectivity index (χ0v) is 10.9. The SMILES string of the molecule is COC(=O)C1(CO)CCC(C(C)(C)C)CC1. The fourth-order valence-electron chi connectivity index (χ4n) is 2.68. The summed E-state index contributed by atoms with van der Waals surface area (Å²) < 4.78 is 4.81. The number of aliphatic hydroxyl groups is 1. The predicted molar refractivity (Wildman–Crippen MR) is 62.9 cm³/mol. The predicted octanol–water partition coefficient (Wildman–Crippen LogP) is 2.37. The van der Waals surface area contributed by atoms with Crippen molar-refractivity contribution >= 4 is 5.97 Å². The van der Waals surface area contributed by atoms with Crippen LogP contribution in [0.4, 0.5) is 0 Å². The van der Waals surface area contributed by atoms with Gasteiger partial charge in [-0.1, -0.05) is 20.8 Å². The molecule has 0 atom stereocenters. The lowest BCUT2D eigenvalue weighted by Crippen LogP contribution is -2.41. The lowest BCUT2D eigenvalue weighted by Gasteiger charge is -2.41. The number of hydrogen-bond donors (Lipinski definition) is 1. The topological polar surface area (TPSA) is 46.5 Å². The number of carbonyl (C=O) groups excluding carboxylic acids is 1. The Morgan fingerprint density at radius 3 is 2.19 bits per heavy atom. The van der Waals surface area contributed by atoms with Crippen LogP contribution in [0.2, 0.25) is 0 Å². The second-order valence-electron chi connectivity index (χ2n) is 6.07. The van der Waals surface area contributed by atoms with Crippen molar-refractivity contribution in [1.82, 2.24) is 0 Å². The zero-order chi connectivity index (χ0) is 12.4. The van der Waals surface area contributed by atoms with Crippen LogP contribution >= 0.6 is 0 Å². The van der Waals surface area contributed by atoms with E-state index in [1.165, 1.54) is 7.11 Å². The maximum absolute atomic E-state index is 11.7. The molecule has 1 aliphatic rings. The molecule has 0 aliphatic heterocycles. The van der Waals surface area contributed by atoms with Crippen LogP contribution < -0.4 is 0 Å². The van der Waals surface area contributed by atoms with Crippen molar-refractivity contribution in [3.05, 3.63) is 0 Å². The number of carbonyl (C=O) groups is 1. The average Bonchev–Trinajstić information content (AvgIpc) is 2.26. The quantitative estimate of drug-likeness (QED) is 0.738. The number of methoxy groups -OCH3 is 1. The van der Waals surface area contributed by atoms with Gasteiger partial charge < -0.3 is 9.84 Å². The summed E-state index contributed by atoms with van der Waals surface area (Å²) in [5, 5.41) is 9.43. The Bertz CT molecular complexity index is 244. The van der Waals surface area contributed by atoms with Crippen LogP contribution in [0.1, 0.15) is 46.5 Å². The molecule has 3 heteroatoms. The number of aliphatic hydroxyl groups excluding tert-OH is 1. The summed E-state index contributed by atoms with van der Waals surface area (Å²) in [7, 11) is 1.40. The van der Waals surface area contributed by atoms with Gasteiger partial charge >= 0.3 is 5.97 Å². The van der Waals surface area contributed by atoms with E-state index < -0.39 is 5.41 Å². The van der Waals surface area contributed by atoms with E-state index in [4.69, 9.17) is 4.74 Å². The van der Waals surface area contributed by atoms with Crippen LogP contribution in [-0.4, -0.2) is 24.8 Å². The first-order valence-electron chi connectivity index (χ1n) is 6.05. The first-order valence-corrected chi connectivity index (χ1v) is 6.05. The number of esters is 1. The fraction of sp³-hybridized carbons (Fsp3) is 0.923. The molecule has 1 aliphatic carbocycles. The molecule has 0 aromatic rings. The molecule has 16 heavy (non-hydrogen) atoms. The van der Waals surface area contributed by atoms with Crippen molar-refractivity contribution in [1.29, 1.82) is 0 Å². The van der Waals surface area contributed by atoms with Crippen LogP contribution in [0.3, 0.4) is 0 Å². The van der Waals surface area contributed by atoms with Crippen molar-refractivity contribution in [2.45, 2.75) is 46.5 Å². The van der Waals surface area contributed by atoms with Crippen LogP contribution in [0.5, 0.6) is 0 Å². The first-order chi connectivity index (χ1) is 7.35. The van der Waals surface area contributed by atoms with E-state index >= 15 is 0 Å². The van der Waals surface area contributed by atoms with Gasteiger partial charge in [0.15, 0.2) is 0 Å². The molecule has 0 saturated heterocycles. The highest BCUT2D eigenvalue weighted by Crippen LogP contribution is 2.45. The molecule has 0 aromatic carbocycles. The maximum atomic E-state index is 11.7. The van der Waals surface area contributed by atoms with E-state index in [-0.39, 0.29) is 18.0 Å². The minimum Gasteiger partial charge on any atom is -0.469 e. The molecule has 3 nitrogen and oxygen atoms in total. The van der Waals surface area contributed by atoms with Gasteiger partial charge in [-0.15, -0.1) is 0 Å². The average molecular weight is 228 g/mol. The monoisotopic (exact) mass is 228 g/mol. The third-order valence-corrected chi connectivity index (χ3v) is 4.09. The van der Waals surface area contributed by atoms with Gasteiger partial charge in [0.1, 0.15) is 0 Å². The molecule has 1 saturated carbocycles. The standard InChI is InChI=1S/C13H24O3/c1-12(2,3)10-5-7-13(9-14,8-6-10)11(15)16-4/h10,14H,5-9H2,1-4H3. The van der Waals surface area contributed by atoms with E-state index in [2.05, 4.69) is 20.8 Å². The largest absolute Gasteiger partial charge is 0.469 e. The van der Waals surface area contributed by atoms with Gasteiger partial charge in [0.25, 0.3) is 0 Å². The Kier molecular flexibility index (Phi) is 4.00. The number of hydrogen-bond acceptors (Lipinski definition) is 3. The molecular formula is C13H24O3. The van der Waals surface area contributed by atoms with E-state index in [9.17, 15) is 9.90 Å². The van der Waals surface area contributed by atoms with Crippen molar-refractivity contribution in [2.75, 3.05) is 13.7 Å². The van der Waals surface area contributed by atoms with Crippen LogP contribution in [-0.2, 0) is 9.53 Å². The van der Waals surface area contributed by atoms with Crippen molar-refractivity contribution in [2.24, 2.45) is 16.7 Å². The first kappa shape index (κ1) is 13.5. The molecule has 0 unspecified atom stereocenters. The van der Waals surface area contributed by atoms with E-state index in [1.807, 2.05) is 0 Å². The zero-order valence-electron chi connectivity index (χ0n) is 10.9. The summed E-state index contributed by atoms with van der Waals surface area (Å²) >= 11 is 0. The highest BCUT2D eigenvalue weighted by molar-refractivity contribution is 5.77. The van der Waals surface area contributed by atoms with Crippen LogP contribution in [0.25, 0.3) is 0 Å². The minimum atomic E-state index is -0.628. The van der Waals surface area contributed by atoms with Gasteiger partial charge in [-0.25, -0.2) is 0 Å².